The second-order valence-corrected chi connectivity index (χ2v) is 8.81. The molecule has 4 aromatic rings. The molecule has 0 radical (unpaired) electrons. The predicted molar refractivity (Wildman–Crippen MR) is 127 cm³/mol. The van der Waals surface area contributed by atoms with E-state index in [1.807, 2.05) is 60.8 Å². The first kappa shape index (κ1) is 21.1. The zero-order valence-corrected chi connectivity index (χ0v) is 19.0. The van der Waals surface area contributed by atoms with Gasteiger partial charge in [-0.1, -0.05) is 48.2 Å². The van der Waals surface area contributed by atoms with Crippen LogP contribution >= 0.6 is 23.1 Å². The van der Waals surface area contributed by atoms with Crippen LogP contribution in [0.5, 0.6) is 5.75 Å². The molecule has 0 fully saturated rings. The number of benzene rings is 2. The van der Waals surface area contributed by atoms with Crippen molar-refractivity contribution in [3.8, 4) is 16.9 Å². The van der Waals surface area contributed by atoms with Gasteiger partial charge in [-0.25, -0.2) is 4.98 Å². The fraction of sp³-hybridized carbons (Fsp3) is 0.174. The number of ether oxygens (including phenoxy) is 1. The largest absolute Gasteiger partial charge is 0.495 e. The normalized spacial score (nSPS) is 10.9. The first-order valence-corrected chi connectivity index (χ1v) is 11.5. The Morgan fingerprint density at radius 3 is 2.74 bits per heavy atom. The van der Waals surface area contributed by atoms with E-state index in [4.69, 9.17) is 9.72 Å². The van der Waals surface area contributed by atoms with Crippen molar-refractivity contribution in [2.45, 2.75) is 12.1 Å². The molecular weight excluding hydrogens is 430 g/mol. The van der Waals surface area contributed by atoms with Crippen molar-refractivity contribution in [1.82, 2.24) is 9.55 Å². The van der Waals surface area contributed by atoms with Gasteiger partial charge in [0, 0.05) is 18.0 Å². The molecule has 1 N–H and O–H groups in total. The number of nitrogens with zero attached hydrogens (tertiary/aromatic N) is 2. The number of thiophene rings is 1. The van der Waals surface area contributed by atoms with E-state index >= 15 is 0 Å². The molecule has 158 valence electrons. The highest BCUT2D eigenvalue weighted by molar-refractivity contribution is 7.99. The lowest BCUT2D eigenvalue weighted by molar-refractivity contribution is -0.113. The summed E-state index contributed by atoms with van der Waals surface area (Å²) in [4.78, 5) is 30.1. The molecule has 0 aliphatic carbocycles. The second-order valence-electron chi connectivity index (χ2n) is 6.99. The second kappa shape index (κ2) is 8.95. The maximum absolute atomic E-state index is 12.9. The van der Waals surface area contributed by atoms with E-state index in [0.717, 1.165) is 16.7 Å². The van der Waals surface area contributed by atoms with Crippen molar-refractivity contribution in [3.05, 3.63) is 69.8 Å². The van der Waals surface area contributed by atoms with Crippen molar-refractivity contribution in [3.63, 3.8) is 0 Å². The highest BCUT2D eigenvalue weighted by atomic mass is 32.2. The number of fused-ring (bicyclic) bond motifs is 1. The Labute approximate surface area is 187 Å². The van der Waals surface area contributed by atoms with Gasteiger partial charge in [-0.3, -0.25) is 14.2 Å². The number of amides is 1. The maximum Gasteiger partial charge on any atom is 0.271 e. The average Bonchev–Trinajstić information content (AvgIpc) is 3.20. The molecule has 0 atom stereocenters. The first-order chi connectivity index (χ1) is 15.0. The maximum atomic E-state index is 12.9. The minimum absolute atomic E-state index is 0.111. The summed E-state index contributed by atoms with van der Waals surface area (Å²) >= 11 is 2.62. The van der Waals surface area contributed by atoms with Crippen LogP contribution < -0.4 is 15.6 Å². The zero-order valence-electron chi connectivity index (χ0n) is 17.3. The lowest BCUT2D eigenvalue weighted by atomic mass is 10.1. The molecule has 0 spiro atoms. The highest BCUT2D eigenvalue weighted by Crippen LogP contribution is 2.32. The van der Waals surface area contributed by atoms with E-state index in [9.17, 15) is 9.59 Å². The Bertz CT molecular complexity index is 1310. The van der Waals surface area contributed by atoms with Gasteiger partial charge in [-0.05, 0) is 30.2 Å². The van der Waals surface area contributed by atoms with Crippen LogP contribution in [0.25, 0.3) is 21.3 Å². The molecule has 31 heavy (non-hydrogen) atoms. The summed E-state index contributed by atoms with van der Waals surface area (Å²) in [6, 6.07) is 15.5. The molecule has 0 aliphatic heterocycles. The third-order valence-corrected chi connectivity index (χ3v) is 6.79. The Morgan fingerprint density at radius 1 is 1.23 bits per heavy atom. The van der Waals surface area contributed by atoms with E-state index in [1.54, 1.807) is 14.2 Å². The summed E-state index contributed by atoms with van der Waals surface area (Å²) in [7, 11) is 3.25. The number of rotatable bonds is 6. The average molecular weight is 452 g/mol. The molecule has 0 saturated heterocycles. The Balaban J connectivity index is 1.59. The lowest BCUT2D eigenvalue weighted by Crippen LogP contribution is -2.21. The van der Waals surface area contributed by atoms with Gasteiger partial charge in [0.25, 0.3) is 5.56 Å². The highest BCUT2D eigenvalue weighted by Gasteiger charge is 2.16. The van der Waals surface area contributed by atoms with Gasteiger partial charge in [0.05, 0.1) is 24.1 Å². The third-order valence-electron chi connectivity index (χ3n) is 4.80. The van der Waals surface area contributed by atoms with Crippen LogP contribution in [-0.2, 0) is 11.8 Å². The van der Waals surface area contributed by atoms with E-state index < -0.39 is 0 Å². The van der Waals surface area contributed by atoms with Gasteiger partial charge in [-0.15, -0.1) is 11.3 Å². The van der Waals surface area contributed by atoms with Gasteiger partial charge >= 0.3 is 0 Å². The first-order valence-electron chi connectivity index (χ1n) is 9.59. The van der Waals surface area contributed by atoms with Gasteiger partial charge in [0.1, 0.15) is 10.4 Å². The smallest absolute Gasteiger partial charge is 0.271 e. The summed E-state index contributed by atoms with van der Waals surface area (Å²) in [5, 5.41) is 5.34. The van der Waals surface area contributed by atoms with Crippen LogP contribution in [0, 0.1) is 6.92 Å². The third kappa shape index (κ3) is 4.35. The monoisotopic (exact) mass is 451 g/mol. The number of hydrogen-bond donors (Lipinski definition) is 1. The standard InChI is InChI=1S/C23H21N3O3S2/c1-14-9-10-18(29-3)17(11-14)24-19(27)13-31-23-25-20-16(15-7-5-4-6-8-15)12-30-21(20)22(28)26(23)2/h4-12H,13H2,1-3H3,(H,24,27). The molecule has 6 nitrogen and oxygen atoms in total. The number of carbonyl (C=O) groups excluding carboxylic acids is 1. The SMILES string of the molecule is COc1ccc(C)cc1NC(=O)CSc1nc2c(-c3ccccc3)csc2c(=O)n1C. The number of carbonyl (C=O) groups is 1. The minimum Gasteiger partial charge on any atom is -0.495 e. The van der Waals surface area contributed by atoms with Crippen LogP contribution in [0.1, 0.15) is 5.56 Å². The van der Waals surface area contributed by atoms with Gasteiger partial charge < -0.3 is 10.1 Å². The number of nitrogens with one attached hydrogen (secondary N) is 1. The topological polar surface area (TPSA) is 73.2 Å². The van der Waals surface area contributed by atoms with Gasteiger partial charge in [-0.2, -0.15) is 0 Å². The molecule has 2 heterocycles. The Hall–Kier alpha value is -3.10. The number of aryl methyl sites for hydroxylation is 1. The molecule has 2 aromatic heterocycles. The van der Waals surface area contributed by atoms with Crippen molar-refractivity contribution in [1.29, 1.82) is 0 Å². The fourth-order valence-electron chi connectivity index (χ4n) is 3.21. The summed E-state index contributed by atoms with van der Waals surface area (Å²) < 4.78 is 7.42. The van der Waals surface area contributed by atoms with Crippen LogP contribution in [0.15, 0.2) is 63.9 Å². The van der Waals surface area contributed by atoms with Crippen molar-refractivity contribution >= 4 is 44.9 Å². The minimum atomic E-state index is -0.197. The molecule has 2 aromatic carbocycles. The molecular formula is C23H21N3O3S2. The quantitative estimate of drug-likeness (QED) is 0.340. The predicted octanol–water partition coefficient (Wildman–Crippen LogP) is 4.71. The molecule has 0 saturated carbocycles. The lowest BCUT2D eigenvalue weighted by Gasteiger charge is -2.11. The molecule has 0 bridgehead atoms. The number of anilines is 1. The van der Waals surface area contributed by atoms with Gasteiger partial charge in [0.15, 0.2) is 5.16 Å². The van der Waals surface area contributed by atoms with E-state index in [0.29, 0.717) is 26.8 Å². The van der Waals surface area contributed by atoms with Crippen molar-refractivity contribution < 1.29 is 9.53 Å². The van der Waals surface area contributed by atoms with Crippen LogP contribution in [0.3, 0.4) is 0 Å². The molecule has 8 heteroatoms. The van der Waals surface area contributed by atoms with E-state index in [-0.39, 0.29) is 17.2 Å². The van der Waals surface area contributed by atoms with Crippen molar-refractivity contribution in [2.24, 2.45) is 7.05 Å². The summed E-state index contributed by atoms with van der Waals surface area (Å²) in [5.41, 5.74) is 4.13. The number of aromatic nitrogens is 2. The van der Waals surface area contributed by atoms with Crippen LogP contribution in [-0.4, -0.2) is 28.3 Å². The van der Waals surface area contributed by atoms with Crippen LogP contribution in [0.4, 0.5) is 5.69 Å². The van der Waals surface area contributed by atoms with E-state index in [2.05, 4.69) is 5.32 Å². The van der Waals surface area contributed by atoms with Crippen LogP contribution in [0.2, 0.25) is 0 Å². The molecule has 4 rings (SSSR count). The van der Waals surface area contributed by atoms with Crippen molar-refractivity contribution in [2.75, 3.05) is 18.2 Å². The molecule has 0 unspecified atom stereocenters. The fourth-order valence-corrected chi connectivity index (χ4v) is 4.96. The Kier molecular flexibility index (Phi) is 6.11. The Morgan fingerprint density at radius 2 is 2.00 bits per heavy atom. The van der Waals surface area contributed by atoms with Gasteiger partial charge in [0.2, 0.25) is 5.91 Å². The molecule has 1 amide bonds. The zero-order chi connectivity index (χ0) is 22.0. The number of hydrogen-bond acceptors (Lipinski definition) is 6. The summed E-state index contributed by atoms with van der Waals surface area (Å²) in [5.74, 6) is 0.520. The number of methoxy groups -OCH3 is 1. The number of thioether (sulfide) groups is 1. The van der Waals surface area contributed by atoms with E-state index in [1.165, 1.54) is 27.7 Å². The summed E-state index contributed by atoms with van der Waals surface area (Å²) in [6.07, 6.45) is 0. The molecule has 0 aliphatic rings. The summed E-state index contributed by atoms with van der Waals surface area (Å²) in [6.45, 7) is 1.95.